The zero-order valence-corrected chi connectivity index (χ0v) is 20.5. The molecule has 1 heterocycles. The third-order valence-corrected chi connectivity index (χ3v) is 7.16. The number of nitro groups is 1. The van der Waals surface area contributed by atoms with Crippen LogP contribution in [0.3, 0.4) is 0 Å². The van der Waals surface area contributed by atoms with E-state index in [0.717, 1.165) is 37.1 Å². The number of nitrogens with zero attached hydrogens (tertiary/aromatic N) is 1. The van der Waals surface area contributed by atoms with Crippen LogP contribution in [0.2, 0.25) is 5.02 Å². The molecule has 0 aromatic heterocycles. The number of nitro benzene ring substituents is 1. The van der Waals surface area contributed by atoms with E-state index in [1.807, 2.05) is 0 Å². The summed E-state index contributed by atoms with van der Waals surface area (Å²) in [6.07, 6.45) is 3.98. The molecule has 2 aliphatic carbocycles. The lowest BCUT2D eigenvalue weighted by molar-refractivity contribution is -0.384. The Balaban J connectivity index is 1.53. The number of carbonyl (C=O) groups excluding carboxylic acids is 2. The monoisotopic (exact) mass is 508 g/mol. The van der Waals surface area contributed by atoms with Gasteiger partial charge in [0.1, 0.15) is 6.61 Å². The molecule has 1 aliphatic heterocycles. The van der Waals surface area contributed by atoms with Crippen LogP contribution in [0.1, 0.15) is 55.6 Å². The van der Waals surface area contributed by atoms with Crippen molar-refractivity contribution < 1.29 is 24.0 Å². The molecule has 0 saturated carbocycles. The van der Waals surface area contributed by atoms with Crippen LogP contribution in [0.4, 0.5) is 5.69 Å². The number of rotatable bonds is 6. The number of Topliss-reactive ketones (excluding diaryl/α,β-unsaturated/α-hetero) is 2. The van der Waals surface area contributed by atoms with E-state index in [0.29, 0.717) is 40.9 Å². The maximum atomic E-state index is 13.1. The quantitative estimate of drug-likeness (QED) is 0.403. The Labute approximate surface area is 213 Å². The summed E-state index contributed by atoms with van der Waals surface area (Å²) in [5.41, 5.74) is 4.34. The van der Waals surface area contributed by atoms with Gasteiger partial charge in [0.05, 0.1) is 17.1 Å². The van der Waals surface area contributed by atoms with Crippen LogP contribution in [0, 0.1) is 10.1 Å². The van der Waals surface area contributed by atoms with E-state index in [1.54, 1.807) is 24.3 Å². The smallest absolute Gasteiger partial charge is 0.269 e. The van der Waals surface area contributed by atoms with Gasteiger partial charge in [0.25, 0.3) is 5.69 Å². The lowest BCUT2D eigenvalue weighted by Crippen LogP contribution is -2.36. The summed E-state index contributed by atoms with van der Waals surface area (Å²) in [5, 5.41) is 14.8. The Kier molecular flexibility index (Phi) is 6.53. The van der Waals surface area contributed by atoms with Gasteiger partial charge in [-0.2, -0.15) is 0 Å². The number of carbonyl (C=O) groups is 2. The first-order valence-corrected chi connectivity index (χ1v) is 12.3. The number of nitrogens with one attached hydrogen (secondary N) is 1. The molecule has 36 heavy (non-hydrogen) atoms. The Morgan fingerprint density at radius 1 is 1.03 bits per heavy atom. The third kappa shape index (κ3) is 4.37. The molecule has 0 radical (unpaired) electrons. The van der Waals surface area contributed by atoms with Crippen LogP contribution in [-0.2, 0) is 16.2 Å². The fraction of sp³-hybridized carbons (Fsp3) is 0.333. The number of dihydropyridines is 1. The van der Waals surface area contributed by atoms with Crippen molar-refractivity contribution in [2.45, 2.75) is 51.0 Å². The number of allylic oxidation sites excluding steroid dienone is 4. The van der Waals surface area contributed by atoms with Crippen molar-refractivity contribution in [3.05, 3.63) is 85.2 Å². The highest BCUT2D eigenvalue weighted by Gasteiger charge is 2.40. The first-order valence-electron chi connectivity index (χ1n) is 11.9. The Hall–Kier alpha value is -3.65. The molecular weight excluding hydrogens is 484 g/mol. The summed E-state index contributed by atoms with van der Waals surface area (Å²) in [7, 11) is 1.49. The van der Waals surface area contributed by atoms with Gasteiger partial charge in [0.15, 0.2) is 23.1 Å². The average molecular weight is 509 g/mol. The van der Waals surface area contributed by atoms with Crippen LogP contribution in [-0.4, -0.2) is 23.6 Å². The van der Waals surface area contributed by atoms with Crippen LogP contribution in [0.15, 0.2) is 58.9 Å². The minimum absolute atomic E-state index is 0.0297. The summed E-state index contributed by atoms with van der Waals surface area (Å²) in [4.78, 5) is 36.7. The van der Waals surface area contributed by atoms with Gasteiger partial charge in [-0.3, -0.25) is 19.7 Å². The SMILES string of the molecule is COc1cc(C2C3=C(CCCC3=O)NC3=C2C(=O)CCC3)cc(Cl)c1OCc1cccc([N+](=O)[O-])c1. The van der Waals surface area contributed by atoms with E-state index < -0.39 is 10.8 Å². The second kappa shape index (κ2) is 9.78. The highest BCUT2D eigenvalue weighted by atomic mass is 35.5. The number of ketones is 2. The molecule has 0 saturated heterocycles. The van der Waals surface area contributed by atoms with Gasteiger partial charge in [0.2, 0.25) is 0 Å². The highest BCUT2D eigenvalue weighted by molar-refractivity contribution is 6.32. The number of hydrogen-bond acceptors (Lipinski definition) is 7. The topological polar surface area (TPSA) is 108 Å². The van der Waals surface area contributed by atoms with E-state index >= 15 is 0 Å². The molecule has 0 fully saturated rings. The average Bonchev–Trinajstić information content (AvgIpc) is 2.87. The fourth-order valence-electron chi connectivity index (χ4n) is 5.28. The lowest BCUT2D eigenvalue weighted by Gasteiger charge is -2.37. The molecule has 2 aromatic carbocycles. The summed E-state index contributed by atoms with van der Waals surface area (Å²) in [6, 6.07) is 9.66. The van der Waals surface area contributed by atoms with Crippen LogP contribution < -0.4 is 14.8 Å². The van der Waals surface area contributed by atoms with Crippen molar-refractivity contribution in [2.24, 2.45) is 0 Å². The predicted octanol–water partition coefficient (Wildman–Crippen LogP) is 5.54. The lowest BCUT2D eigenvalue weighted by atomic mass is 9.71. The molecule has 0 unspecified atom stereocenters. The van der Waals surface area contributed by atoms with Gasteiger partial charge < -0.3 is 14.8 Å². The number of methoxy groups -OCH3 is 1. The first kappa shape index (κ1) is 24.1. The minimum Gasteiger partial charge on any atom is -0.493 e. The van der Waals surface area contributed by atoms with Crippen molar-refractivity contribution in [1.82, 2.24) is 5.32 Å². The number of benzene rings is 2. The number of hydrogen-bond donors (Lipinski definition) is 1. The predicted molar refractivity (Wildman–Crippen MR) is 133 cm³/mol. The number of halogens is 1. The first-order chi connectivity index (χ1) is 17.4. The van der Waals surface area contributed by atoms with Crippen molar-refractivity contribution in [2.75, 3.05) is 7.11 Å². The molecule has 8 nitrogen and oxygen atoms in total. The van der Waals surface area contributed by atoms with Gasteiger partial charge >= 0.3 is 0 Å². The third-order valence-electron chi connectivity index (χ3n) is 6.88. The van der Waals surface area contributed by atoms with Crippen molar-refractivity contribution in [3.63, 3.8) is 0 Å². The number of non-ortho nitro benzene ring substituents is 1. The fourth-order valence-corrected chi connectivity index (χ4v) is 5.55. The summed E-state index contributed by atoms with van der Waals surface area (Å²) in [6.45, 7) is 0.0476. The van der Waals surface area contributed by atoms with Gasteiger partial charge in [-0.25, -0.2) is 0 Å². The summed E-state index contributed by atoms with van der Waals surface area (Å²) in [5.74, 6) is 0.225. The molecule has 9 heteroatoms. The molecular formula is C27H25ClN2O6. The normalized spacial score (nSPS) is 17.9. The van der Waals surface area contributed by atoms with Crippen molar-refractivity contribution in [3.8, 4) is 11.5 Å². The van der Waals surface area contributed by atoms with E-state index in [9.17, 15) is 19.7 Å². The van der Waals surface area contributed by atoms with E-state index in [-0.39, 0.29) is 34.6 Å². The maximum absolute atomic E-state index is 13.1. The highest BCUT2D eigenvalue weighted by Crippen LogP contribution is 2.48. The second-order valence-electron chi connectivity index (χ2n) is 9.15. The Morgan fingerprint density at radius 2 is 1.69 bits per heavy atom. The van der Waals surface area contributed by atoms with Gasteiger partial charge in [-0.1, -0.05) is 23.7 Å². The molecule has 1 N–H and O–H groups in total. The minimum atomic E-state index is -0.505. The van der Waals surface area contributed by atoms with E-state index in [2.05, 4.69) is 5.32 Å². The van der Waals surface area contributed by atoms with Crippen LogP contribution in [0.25, 0.3) is 0 Å². The molecule has 2 aromatic rings. The van der Waals surface area contributed by atoms with E-state index in [1.165, 1.54) is 19.2 Å². The van der Waals surface area contributed by atoms with Crippen molar-refractivity contribution >= 4 is 28.9 Å². The molecule has 0 bridgehead atoms. The standard InChI is InChI=1S/C27H25ClN2O6/c1-35-23-13-16(12-18(28)27(23)36-14-15-5-2-6-17(11-15)30(33)34)24-25-19(7-3-9-21(25)31)29-20-8-4-10-22(32)26(20)24/h2,5-6,11-13,24,29H,3-4,7-10,14H2,1H3. The molecule has 0 atom stereocenters. The van der Waals surface area contributed by atoms with Crippen molar-refractivity contribution in [1.29, 1.82) is 0 Å². The number of ether oxygens (including phenoxy) is 2. The van der Waals surface area contributed by atoms with Gasteiger partial charge in [-0.15, -0.1) is 0 Å². The summed E-state index contributed by atoms with van der Waals surface area (Å²) >= 11 is 6.67. The Bertz CT molecular complexity index is 1300. The molecule has 0 spiro atoms. The zero-order valence-electron chi connectivity index (χ0n) is 19.8. The molecule has 0 amide bonds. The molecule has 3 aliphatic rings. The largest absolute Gasteiger partial charge is 0.493 e. The Morgan fingerprint density at radius 3 is 2.31 bits per heavy atom. The van der Waals surface area contributed by atoms with Crippen LogP contribution >= 0.6 is 11.6 Å². The van der Waals surface area contributed by atoms with E-state index in [4.69, 9.17) is 21.1 Å². The molecule has 5 rings (SSSR count). The zero-order chi connectivity index (χ0) is 25.4. The maximum Gasteiger partial charge on any atom is 0.269 e. The van der Waals surface area contributed by atoms with Gasteiger partial charge in [0, 0.05) is 53.4 Å². The summed E-state index contributed by atoms with van der Waals surface area (Å²) < 4.78 is 11.5. The second-order valence-corrected chi connectivity index (χ2v) is 9.55. The van der Waals surface area contributed by atoms with Gasteiger partial charge in [-0.05, 0) is 48.9 Å². The molecule has 186 valence electrons. The van der Waals surface area contributed by atoms with Crippen LogP contribution in [0.5, 0.6) is 11.5 Å².